The van der Waals surface area contributed by atoms with E-state index in [1.807, 2.05) is 5.57 Å². The van der Waals surface area contributed by atoms with Crippen LogP contribution in [0.3, 0.4) is 0 Å². The third kappa shape index (κ3) is 3.63. The lowest BCUT2D eigenvalue weighted by molar-refractivity contribution is -0.0500. The van der Waals surface area contributed by atoms with Crippen LogP contribution in [0.2, 0.25) is 0 Å². The number of hydrogen-bond acceptors (Lipinski definition) is 0. The van der Waals surface area contributed by atoms with Gasteiger partial charge in [0.1, 0.15) is 0 Å². The number of hydrogen-bond donors (Lipinski definition) is 0. The highest BCUT2D eigenvalue weighted by molar-refractivity contribution is 6.23. The fraction of sp³-hybridized carbons (Fsp3) is 0.926. The summed E-state index contributed by atoms with van der Waals surface area (Å²) in [6.45, 7) is 12.3. The minimum Gasteiger partial charge on any atom is -0.120 e. The van der Waals surface area contributed by atoms with Gasteiger partial charge in [0.05, 0.1) is 0 Å². The third-order valence-corrected chi connectivity index (χ3v) is 10.4. The molecule has 0 aromatic heterocycles. The fourth-order valence-electron chi connectivity index (χ4n) is 8.72. The van der Waals surface area contributed by atoms with E-state index < -0.39 is 0 Å². The van der Waals surface area contributed by atoms with Crippen molar-refractivity contribution in [3.05, 3.63) is 11.6 Å². The predicted octanol–water partition coefficient (Wildman–Crippen LogP) is 8.78. The van der Waals surface area contributed by atoms with Gasteiger partial charge in [0, 0.05) is 4.87 Å². The maximum absolute atomic E-state index is 6.45. The van der Waals surface area contributed by atoms with Crippen LogP contribution in [0.15, 0.2) is 11.6 Å². The summed E-state index contributed by atoms with van der Waals surface area (Å²) < 4.78 is 0. The minimum atomic E-state index is -0.0263. The zero-order valence-corrected chi connectivity index (χ0v) is 20.1. The van der Waals surface area contributed by atoms with Crippen molar-refractivity contribution in [2.75, 3.05) is 0 Å². The molecule has 28 heavy (non-hydrogen) atoms. The molecule has 3 saturated carbocycles. The molecule has 0 spiro atoms. The molecule has 0 aromatic carbocycles. The Labute approximate surface area is 180 Å². The van der Waals surface area contributed by atoms with Crippen molar-refractivity contribution in [2.45, 2.75) is 117 Å². The van der Waals surface area contributed by atoms with E-state index in [1.165, 1.54) is 70.6 Å². The number of allylic oxidation sites excluding steroid dienone is 2. The van der Waals surface area contributed by atoms with E-state index in [2.05, 4.69) is 40.7 Å². The molecular weight excluding hydrogens is 360 g/mol. The Morgan fingerprint density at radius 3 is 2.64 bits per heavy atom. The van der Waals surface area contributed by atoms with Crippen LogP contribution in [-0.2, 0) is 0 Å². The van der Waals surface area contributed by atoms with E-state index in [0.29, 0.717) is 10.8 Å². The number of alkyl halides is 1. The summed E-state index contributed by atoms with van der Waals surface area (Å²) in [5, 5.41) is 0. The van der Waals surface area contributed by atoms with Crippen LogP contribution in [0.25, 0.3) is 0 Å². The van der Waals surface area contributed by atoms with Crippen molar-refractivity contribution in [1.82, 2.24) is 0 Å². The van der Waals surface area contributed by atoms with Crippen molar-refractivity contribution in [3.8, 4) is 0 Å². The largest absolute Gasteiger partial charge is 0.120 e. The number of rotatable bonds is 5. The Bertz CT molecular complexity index is 598. The van der Waals surface area contributed by atoms with Gasteiger partial charge >= 0.3 is 0 Å². The molecule has 0 nitrogen and oxygen atoms in total. The lowest BCUT2D eigenvalue weighted by atomic mass is 9.47. The van der Waals surface area contributed by atoms with Crippen LogP contribution < -0.4 is 0 Å². The Balaban J connectivity index is 1.47. The first kappa shape index (κ1) is 21.3. The molecule has 0 radical (unpaired) electrons. The normalized spacial score (nSPS) is 44.3. The zero-order chi connectivity index (χ0) is 20.2. The van der Waals surface area contributed by atoms with Crippen molar-refractivity contribution in [1.29, 1.82) is 0 Å². The monoisotopic (exact) mass is 404 g/mol. The molecule has 4 rings (SSSR count). The van der Waals surface area contributed by atoms with E-state index >= 15 is 0 Å². The maximum Gasteiger partial charge on any atom is 0.0390 e. The van der Waals surface area contributed by atoms with Crippen molar-refractivity contribution >= 4 is 11.6 Å². The Hall–Kier alpha value is 0.0300. The lowest BCUT2D eigenvalue weighted by Crippen LogP contribution is -2.50. The van der Waals surface area contributed by atoms with Gasteiger partial charge in [-0.3, -0.25) is 0 Å². The third-order valence-electron chi connectivity index (χ3n) is 10.2. The summed E-state index contributed by atoms with van der Waals surface area (Å²) >= 11 is 6.45. The van der Waals surface area contributed by atoms with E-state index in [9.17, 15) is 0 Å². The lowest BCUT2D eigenvalue weighted by Gasteiger charge is -2.58. The van der Waals surface area contributed by atoms with Crippen molar-refractivity contribution in [3.63, 3.8) is 0 Å². The summed E-state index contributed by atoms with van der Waals surface area (Å²) in [5.74, 6) is 4.76. The van der Waals surface area contributed by atoms with Crippen LogP contribution in [0, 0.1) is 40.4 Å². The average Bonchev–Trinajstić information content (AvgIpc) is 2.97. The maximum atomic E-state index is 6.45. The summed E-state index contributed by atoms with van der Waals surface area (Å²) in [6, 6.07) is 0. The van der Waals surface area contributed by atoms with Gasteiger partial charge in [-0.05, 0) is 112 Å². The summed E-state index contributed by atoms with van der Waals surface area (Å²) in [7, 11) is 0. The molecule has 0 bridgehead atoms. The minimum absolute atomic E-state index is 0.0263. The second-order valence-corrected chi connectivity index (χ2v) is 13.3. The van der Waals surface area contributed by atoms with Gasteiger partial charge < -0.3 is 0 Å². The second-order valence-electron chi connectivity index (χ2n) is 12.3. The fourth-order valence-corrected chi connectivity index (χ4v) is 8.85. The van der Waals surface area contributed by atoms with Crippen LogP contribution >= 0.6 is 11.6 Å². The molecule has 0 aliphatic heterocycles. The first-order chi connectivity index (χ1) is 13.2. The highest BCUT2D eigenvalue weighted by Crippen LogP contribution is 2.67. The Morgan fingerprint density at radius 1 is 1.11 bits per heavy atom. The van der Waals surface area contributed by atoms with Crippen LogP contribution in [-0.4, -0.2) is 4.87 Å². The van der Waals surface area contributed by atoms with Crippen LogP contribution in [0.4, 0.5) is 0 Å². The highest BCUT2D eigenvalue weighted by Gasteiger charge is 2.58. The summed E-state index contributed by atoms with van der Waals surface area (Å²) in [4.78, 5) is -0.0263. The molecule has 1 heteroatoms. The SMILES string of the molecule is C[C@H](CCCC(C)(C)Cl)[C@H]1CC[C@H]2[C@@H]3CC=C4CCCC[C@]4(C)[C@H]3CC[C@]12C. The quantitative estimate of drug-likeness (QED) is 0.317. The van der Waals surface area contributed by atoms with E-state index in [1.54, 1.807) is 0 Å². The van der Waals surface area contributed by atoms with E-state index in [-0.39, 0.29) is 4.87 Å². The van der Waals surface area contributed by atoms with E-state index in [4.69, 9.17) is 11.6 Å². The van der Waals surface area contributed by atoms with Gasteiger partial charge in [-0.1, -0.05) is 51.7 Å². The van der Waals surface area contributed by atoms with Crippen LogP contribution in [0.1, 0.15) is 112 Å². The molecule has 0 aromatic rings. The first-order valence-corrected chi connectivity index (χ1v) is 12.9. The molecule has 0 N–H and O–H groups in total. The van der Waals surface area contributed by atoms with Gasteiger partial charge in [0.2, 0.25) is 0 Å². The Morgan fingerprint density at radius 2 is 1.89 bits per heavy atom. The molecule has 4 aliphatic rings. The molecular formula is C27H45Cl. The molecule has 7 atom stereocenters. The number of halogens is 1. The second kappa shape index (κ2) is 7.62. The van der Waals surface area contributed by atoms with Gasteiger partial charge in [-0.25, -0.2) is 0 Å². The topological polar surface area (TPSA) is 0 Å². The van der Waals surface area contributed by atoms with Crippen molar-refractivity contribution in [2.24, 2.45) is 40.4 Å². The molecule has 0 heterocycles. The standard InChI is InChI=1S/C27H45Cl/c1-19(9-8-16-25(2,3)28)22-13-14-23-21-12-11-20-10-6-7-17-26(20,4)24(21)15-18-27(22,23)5/h11,19,21-24H,6-10,12-18H2,1-5H3/t19-,21+,22-,23+,24+,26+,27-/m1/s1. The summed E-state index contributed by atoms with van der Waals surface area (Å²) in [5.41, 5.74) is 3.01. The molecule has 0 saturated heterocycles. The first-order valence-electron chi connectivity index (χ1n) is 12.5. The van der Waals surface area contributed by atoms with Gasteiger partial charge in [-0.15, -0.1) is 11.6 Å². The van der Waals surface area contributed by atoms with Crippen LogP contribution in [0.5, 0.6) is 0 Å². The zero-order valence-electron chi connectivity index (χ0n) is 19.3. The molecule has 3 fully saturated rings. The molecule has 160 valence electrons. The molecule has 0 amide bonds. The van der Waals surface area contributed by atoms with Gasteiger partial charge in [0.25, 0.3) is 0 Å². The van der Waals surface area contributed by atoms with Gasteiger partial charge in [-0.2, -0.15) is 0 Å². The molecule has 0 unspecified atom stereocenters. The predicted molar refractivity (Wildman–Crippen MR) is 123 cm³/mol. The van der Waals surface area contributed by atoms with Crippen molar-refractivity contribution < 1.29 is 0 Å². The Kier molecular flexibility index (Phi) is 5.79. The molecule has 4 aliphatic carbocycles. The average molecular weight is 405 g/mol. The number of fused-ring (bicyclic) bond motifs is 5. The van der Waals surface area contributed by atoms with E-state index in [0.717, 1.165) is 36.0 Å². The summed E-state index contributed by atoms with van der Waals surface area (Å²) in [6.07, 6.45) is 19.7. The smallest absolute Gasteiger partial charge is 0.0390 e. The highest BCUT2D eigenvalue weighted by atomic mass is 35.5. The van der Waals surface area contributed by atoms with Gasteiger partial charge in [0.15, 0.2) is 0 Å².